The molecule has 106 valence electrons. The summed E-state index contributed by atoms with van der Waals surface area (Å²) in [6.07, 6.45) is 5.64. The van der Waals surface area contributed by atoms with Gasteiger partial charge >= 0.3 is 0 Å². The summed E-state index contributed by atoms with van der Waals surface area (Å²) in [7, 11) is 0. The predicted molar refractivity (Wildman–Crippen MR) is 77.0 cm³/mol. The molecule has 0 atom stereocenters. The lowest BCUT2D eigenvalue weighted by Gasteiger charge is -2.20. The average molecular weight is 262 g/mol. The Morgan fingerprint density at radius 3 is 2.74 bits per heavy atom. The predicted octanol–water partition coefficient (Wildman–Crippen LogP) is 3.07. The third-order valence-electron chi connectivity index (χ3n) is 4.22. The molecule has 3 nitrogen and oxygen atoms in total. The van der Waals surface area contributed by atoms with Crippen molar-refractivity contribution in [2.45, 2.75) is 58.7 Å². The van der Waals surface area contributed by atoms with E-state index < -0.39 is 0 Å². The lowest BCUT2D eigenvalue weighted by atomic mass is 10.2. The lowest BCUT2D eigenvalue weighted by Crippen LogP contribution is -2.27. The van der Waals surface area contributed by atoms with Gasteiger partial charge in [-0.15, -0.1) is 0 Å². The molecule has 0 radical (unpaired) electrons. The van der Waals surface area contributed by atoms with E-state index in [1.54, 1.807) is 0 Å². The normalized spacial score (nSPS) is 19.3. The van der Waals surface area contributed by atoms with Crippen LogP contribution in [0.4, 0.5) is 0 Å². The van der Waals surface area contributed by atoms with Crippen LogP contribution in [0.25, 0.3) is 0 Å². The lowest BCUT2D eigenvalue weighted by molar-refractivity contribution is 0.222. The summed E-state index contributed by atoms with van der Waals surface area (Å²) < 4.78 is 6.02. The molecule has 3 heteroatoms. The van der Waals surface area contributed by atoms with Crippen molar-refractivity contribution in [2.24, 2.45) is 5.92 Å². The van der Waals surface area contributed by atoms with Crippen LogP contribution in [0.2, 0.25) is 0 Å². The van der Waals surface area contributed by atoms with Gasteiger partial charge in [0.05, 0.1) is 13.1 Å². The zero-order chi connectivity index (χ0) is 13.2. The molecule has 2 fully saturated rings. The summed E-state index contributed by atoms with van der Waals surface area (Å²) in [6, 6.07) is 3.07. The molecule has 1 aromatic rings. The van der Waals surface area contributed by atoms with E-state index in [0.717, 1.165) is 43.1 Å². The highest BCUT2D eigenvalue weighted by molar-refractivity contribution is 5.20. The Bertz CT molecular complexity index is 418. The van der Waals surface area contributed by atoms with Crippen molar-refractivity contribution in [3.05, 3.63) is 23.2 Å². The van der Waals surface area contributed by atoms with Crippen LogP contribution in [0, 0.1) is 12.8 Å². The van der Waals surface area contributed by atoms with Gasteiger partial charge in [0, 0.05) is 12.6 Å². The van der Waals surface area contributed by atoms with Gasteiger partial charge in [-0.05, 0) is 56.7 Å². The first-order chi connectivity index (χ1) is 9.26. The largest absolute Gasteiger partial charge is 0.463 e. The summed E-state index contributed by atoms with van der Waals surface area (Å²) in [6.45, 7) is 8.42. The maximum atomic E-state index is 6.02. The Labute approximate surface area is 116 Å². The van der Waals surface area contributed by atoms with Crippen LogP contribution in [-0.2, 0) is 13.1 Å². The fourth-order valence-electron chi connectivity index (χ4n) is 2.70. The van der Waals surface area contributed by atoms with Gasteiger partial charge in [0.15, 0.2) is 0 Å². The average Bonchev–Trinajstić information content (AvgIpc) is 3.25. The maximum absolute atomic E-state index is 6.02. The summed E-state index contributed by atoms with van der Waals surface area (Å²) in [4.78, 5) is 2.65. The third kappa shape index (κ3) is 3.61. The van der Waals surface area contributed by atoms with Gasteiger partial charge in [0.25, 0.3) is 0 Å². The standard InChI is InChI=1S/C16H26N2O/c1-3-17-9-16-12(2)8-15(19-16)11-18(14-6-7-14)10-13-4-5-13/h8,13-14,17H,3-7,9-11H2,1-2H3. The Hall–Kier alpha value is -0.800. The van der Waals surface area contributed by atoms with Crippen LogP contribution in [0.5, 0.6) is 0 Å². The van der Waals surface area contributed by atoms with Crippen LogP contribution in [0.3, 0.4) is 0 Å². The van der Waals surface area contributed by atoms with E-state index in [1.807, 2.05) is 0 Å². The van der Waals surface area contributed by atoms with Crippen molar-refractivity contribution < 1.29 is 4.42 Å². The highest BCUT2D eigenvalue weighted by atomic mass is 16.3. The molecule has 0 aliphatic heterocycles. The number of nitrogens with one attached hydrogen (secondary N) is 1. The highest BCUT2D eigenvalue weighted by Crippen LogP contribution is 2.35. The van der Waals surface area contributed by atoms with Crippen molar-refractivity contribution in [1.29, 1.82) is 0 Å². The second-order valence-electron chi connectivity index (χ2n) is 6.20. The quantitative estimate of drug-likeness (QED) is 0.780. The van der Waals surface area contributed by atoms with Crippen LogP contribution in [0.1, 0.15) is 49.7 Å². The molecule has 0 amide bonds. The highest BCUT2D eigenvalue weighted by Gasteiger charge is 2.34. The van der Waals surface area contributed by atoms with Gasteiger partial charge in [-0.2, -0.15) is 0 Å². The van der Waals surface area contributed by atoms with Gasteiger partial charge in [-0.1, -0.05) is 6.92 Å². The van der Waals surface area contributed by atoms with Crippen LogP contribution < -0.4 is 5.32 Å². The van der Waals surface area contributed by atoms with Gasteiger partial charge < -0.3 is 9.73 Å². The number of furan rings is 1. The molecule has 2 aliphatic carbocycles. The van der Waals surface area contributed by atoms with Crippen LogP contribution in [0.15, 0.2) is 10.5 Å². The minimum Gasteiger partial charge on any atom is -0.463 e. The molecule has 0 spiro atoms. The van der Waals surface area contributed by atoms with Crippen molar-refractivity contribution in [3.8, 4) is 0 Å². The first kappa shape index (κ1) is 13.2. The van der Waals surface area contributed by atoms with E-state index in [2.05, 4.69) is 30.1 Å². The Morgan fingerprint density at radius 1 is 1.32 bits per heavy atom. The van der Waals surface area contributed by atoms with Crippen LogP contribution in [-0.4, -0.2) is 24.0 Å². The van der Waals surface area contributed by atoms with Gasteiger partial charge in [-0.25, -0.2) is 0 Å². The summed E-state index contributed by atoms with van der Waals surface area (Å²) in [5.41, 5.74) is 1.29. The van der Waals surface area contributed by atoms with E-state index in [9.17, 15) is 0 Å². The summed E-state index contributed by atoms with van der Waals surface area (Å²) in [5.74, 6) is 3.23. The second-order valence-corrected chi connectivity index (χ2v) is 6.20. The Kier molecular flexibility index (Phi) is 3.94. The van der Waals surface area contributed by atoms with Crippen molar-refractivity contribution in [1.82, 2.24) is 10.2 Å². The number of hydrogen-bond acceptors (Lipinski definition) is 3. The molecule has 1 aromatic heterocycles. The van der Waals surface area contributed by atoms with Gasteiger partial charge in [-0.3, -0.25) is 4.90 Å². The van der Waals surface area contributed by atoms with Crippen molar-refractivity contribution in [2.75, 3.05) is 13.1 Å². The fraction of sp³-hybridized carbons (Fsp3) is 0.750. The van der Waals surface area contributed by atoms with E-state index in [-0.39, 0.29) is 0 Å². The molecule has 0 saturated heterocycles. The maximum Gasteiger partial charge on any atom is 0.120 e. The Balaban J connectivity index is 1.60. The Morgan fingerprint density at radius 2 is 2.11 bits per heavy atom. The van der Waals surface area contributed by atoms with E-state index in [1.165, 1.54) is 37.8 Å². The second kappa shape index (κ2) is 5.68. The molecule has 0 unspecified atom stereocenters. The molecule has 1 heterocycles. The zero-order valence-corrected chi connectivity index (χ0v) is 12.2. The molecule has 2 saturated carbocycles. The molecule has 3 rings (SSSR count). The number of nitrogens with zero attached hydrogens (tertiary/aromatic N) is 1. The van der Waals surface area contributed by atoms with Gasteiger partial charge in [0.2, 0.25) is 0 Å². The molecule has 19 heavy (non-hydrogen) atoms. The minimum absolute atomic E-state index is 0.836. The summed E-state index contributed by atoms with van der Waals surface area (Å²) in [5, 5.41) is 3.34. The molecule has 0 aromatic carbocycles. The minimum atomic E-state index is 0.836. The van der Waals surface area contributed by atoms with E-state index in [4.69, 9.17) is 4.42 Å². The first-order valence-corrected chi connectivity index (χ1v) is 7.79. The SMILES string of the molecule is CCNCc1oc(CN(CC2CC2)C2CC2)cc1C. The number of hydrogen-bond donors (Lipinski definition) is 1. The number of aryl methyl sites for hydroxylation is 1. The topological polar surface area (TPSA) is 28.4 Å². The smallest absolute Gasteiger partial charge is 0.120 e. The fourth-order valence-corrected chi connectivity index (χ4v) is 2.70. The monoisotopic (exact) mass is 262 g/mol. The van der Waals surface area contributed by atoms with Crippen molar-refractivity contribution in [3.63, 3.8) is 0 Å². The van der Waals surface area contributed by atoms with Crippen molar-refractivity contribution >= 4 is 0 Å². The summed E-state index contributed by atoms with van der Waals surface area (Å²) >= 11 is 0. The number of rotatable bonds is 8. The molecule has 2 aliphatic rings. The van der Waals surface area contributed by atoms with E-state index >= 15 is 0 Å². The molecule has 0 bridgehead atoms. The third-order valence-corrected chi connectivity index (χ3v) is 4.22. The first-order valence-electron chi connectivity index (χ1n) is 7.79. The van der Waals surface area contributed by atoms with Gasteiger partial charge in [0.1, 0.15) is 11.5 Å². The molecule has 1 N–H and O–H groups in total. The van der Waals surface area contributed by atoms with Crippen LogP contribution >= 0.6 is 0 Å². The zero-order valence-electron chi connectivity index (χ0n) is 12.2. The molecular formula is C16H26N2O. The molecular weight excluding hydrogens is 236 g/mol. The van der Waals surface area contributed by atoms with E-state index in [0.29, 0.717) is 0 Å².